The van der Waals surface area contributed by atoms with Crippen LogP contribution in [0.1, 0.15) is 23.4 Å². The predicted octanol–water partition coefficient (Wildman–Crippen LogP) is 1.52. The molecular weight excluding hydrogens is 366 g/mol. The van der Waals surface area contributed by atoms with E-state index in [9.17, 15) is 9.59 Å². The molecule has 2 aromatic rings. The largest absolute Gasteiger partial charge is 0.354 e. The number of benzene rings is 1. The molecule has 1 saturated heterocycles. The van der Waals surface area contributed by atoms with E-state index < -0.39 is 6.04 Å². The first kappa shape index (κ1) is 20.8. The second kappa shape index (κ2) is 10.0. The van der Waals surface area contributed by atoms with Crippen LogP contribution in [0.15, 0.2) is 42.5 Å². The topological polar surface area (TPSA) is 79.3 Å². The van der Waals surface area contributed by atoms with Gasteiger partial charge in [-0.05, 0) is 25.5 Å². The lowest BCUT2D eigenvalue weighted by Crippen LogP contribution is -2.56. The van der Waals surface area contributed by atoms with Crippen molar-refractivity contribution in [3.05, 3.63) is 59.4 Å². The monoisotopic (exact) mass is 395 g/mol. The van der Waals surface area contributed by atoms with Crippen molar-refractivity contribution >= 4 is 17.9 Å². The summed E-state index contributed by atoms with van der Waals surface area (Å²) in [6.45, 7) is 7.02. The van der Waals surface area contributed by atoms with Crippen LogP contribution in [-0.2, 0) is 16.1 Å². The molecular formula is C22H29N5O2. The van der Waals surface area contributed by atoms with Crippen LogP contribution >= 0.6 is 0 Å². The molecule has 2 N–H and O–H groups in total. The molecule has 1 aliphatic heterocycles. The van der Waals surface area contributed by atoms with Crippen LogP contribution in [0.25, 0.3) is 6.08 Å². The van der Waals surface area contributed by atoms with E-state index in [1.807, 2.05) is 67.1 Å². The summed E-state index contributed by atoms with van der Waals surface area (Å²) in [5, 5.41) is 10.2. The van der Waals surface area contributed by atoms with Crippen LogP contribution in [0.5, 0.6) is 0 Å². The fraction of sp³-hybridized carbons (Fsp3) is 0.409. The Labute approximate surface area is 171 Å². The van der Waals surface area contributed by atoms with Gasteiger partial charge in [0.2, 0.25) is 11.8 Å². The summed E-state index contributed by atoms with van der Waals surface area (Å²) < 4.78 is 1.88. The van der Waals surface area contributed by atoms with Gasteiger partial charge in [-0.1, -0.05) is 42.5 Å². The number of piperazine rings is 1. The van der Waals surface area contributed by atoms with E-state index in [0.717, 1.165) is 23.5 Å². The van der Waals surface area contributed by atoms with Crippen molar-refractivity contribution in [2.75, 3.05) is 26.2 Å². The fourth-order valence-electron chi connectivity index (χ4n) is 3.54. The Morgan fingerprint density at radius 1 is 1.31 bits per heavy atom. The lowest BCUT2D eigenvalue weighted by molar-refractivity contribution is -0.133. The standard InChI is InChI=1S/C22H29N5O2/c1-17-15-18(2)27(25-17)14-11-23-21(28)16-20-22(29)24-10-13-26(20)12-6-9-19-7-4-3-5-8-19/h3-9,15,20H,10-14,16H2,1-2H3,(H,23,28)(H,24,29). The van der Waals surface area contributed by atoms with Gasteiger partial charge in [0.15, 0.2) is 0 Å². The zero-order valence-electron chi connectivity index (χ0n) is 17.1. The SMILES string of the molecule is Cc1cc(C)n(CCNC(=O)CC2C(=O)NCCN2CC=Cc2ccccc2)n1. The molecule has 1 aromatic carbocycles. The first-order valence-electron chi connectivity index (χ1n) is 10.0. The summed E-state index contributed by atoms with van der Waals surface area (Å²) in [6.07, 6.45) is 4.24. The van der Waals surface area contributed by atoms with Gasteiger partial charge in [-0.3, -0.25) is 19.2 Å². The summed E-state index contributed by atoms with van der Waals surface area (Å²) >= 11 is 0. The van der Waals surface area contributed by atoms with Crippen LogP contribution in [0, 0.1) is 13.8 Å². The molecule has 0 saturated carbocycles. The van der Waals surface area contributed by atoms with Crippen molar-refractivity contribution in [3.8, 4) is 0 Å². The minimum Gasteiger partial charge on any atom is -0.354 e. The highest BCUT2D eigenvalue weighted by Gasteiger charge is 2.30. The second-order valence-corrected chi connectivity index (χ2v) is 7.32. The van der Waals surface area contributed by atoms with Crippen molar-refractivity contribution in [2.24, 2.45) is 0 Å². The van der Waals surface area contributed by atoms with E-state index in [4.69, 9.17) is 0 Å². The maximum Gasteiger partial charge on any atom is 0.237 e. The third-order valence-corrected chi connectivity index (χ3v) is 5.02. The van der Waals surface area contributed by atoms with Crippen molar-refractivity contribution in [2.45, 2.75) is 32.9 Å². The number of nitrogens with one attached hydrogen (secondary N) is 2. The minimum absolute atomic E-state index is 0.0851. The molecule has 2 amide bonds. The zero-order chi connectivity index (χ0) is 20.6. The molecule has 0 spiro atoms. The Bertz CT molecular complexity index is 859. The van der Waals surface area contributed by atoms with Gasteiger partial charge in [0.25, 0.3) is 0 Å². The normalized spacial score (nSPS) is 17.4. The van der Waals surface area contributed by atoms with Crippen molar-refractivity contribution < 1.29 is 9.59 Å². The Hall–Kier alpha value is -2.93. The van der Waals surface area contributed by atoms with Crippen molar-refractivity contribution in [3.63, 3.8) is 0 Å². The molecule has 154 valence electrons. The van der Waals surface area contributed by atoms with Gasteiger partial charge in [-0.15, -0.1) is 0 Å². The average Bonchev–Trinajstić information content (AvgIpc) is 3.02. The Morgan fingerprint density at radius 3 is 2.83 bits per heavy atom. The molecule has 1 aromatic heterocycles. The number of aromatic nitrogens is 2. The number of carbonyl (C=O) groups is 2. The third-order valence-electron chi connectivity index (χ3n) is 5.02. The van der Waals surface area contributed by atoms with Gasteiger partial charge in [-0.2, -0.15) is 5.10 Å². The van der Waals surface area contributed by atoms with Gasteiger partial charge in [-0.25, -0.2) is 0 Å². The summed E-state index contributed by atoms with van der Waals surface area (Å²) in [7, 11) is 0. The number of hydrogen-bond acceptors (Lipinski definition) is 4. The number of amides is 2. The van der Waals surface area contributed by atoms with Crippen LogP contribution in [0.2, 0.25) is 0 Å². The fourth-order valence-corrected chi connectivity index (χ4v) is 3.54. The van der Waals surface area contributed by atoms with Gasteiger partial charge in [0.05, 0.1) is 24.7 Å². The molecule has 0 aliphatic carbocycles. The number of nitrogens with zero attached hydrogens (tertiary/aromatic N) is 3. The van der Waals surface area contributed by atoms with E-state index in [1.165, 1.54) is 0 Å². The smallest absolute Gasteiger partial charge is 0.237 e. The van der Waals surface area contributed by atoms with Crippen LogP contribution in [-0.4, -0.2) is 58.7 Å². The van der Waals surface area contributed by atoms with Crippen LogP contribution in [0.4, 0.5) is 0 Å². The first-order chi connectivity index (χ1) is 14.0. The molecule has 2 heterocycles. The van der Waals surface area contributed by atoms with Crippen LogP contribution in [0.3, 0.4) is 0 Å². The summed E-state index contributed by atoms with van der Waals surface area (Å²) in [5.41, 5.74) is 3.15. The lowest BCUT2D eigenvalue weighted by Gasteiger charge is -2.33. The summed E-state index contributed by atoms with van der Waals surface area (Å²) in [6, 6.07) is 11.6. The summed E-state index contributed by atoms with van der Waals surface area (Å²) in [4.78, 5) is 26.8. The van der Waals surface area contributed by atoms with Crippen molar-refractivity contribution in [1.29, 1.82) is 0 Å². The van der Waals surface area contributed by atoms with Crippen LogP contribution < -0.4 is 10.6 Å². The van der Waals surface area contributed by atoms with E-state index in [1.54, 1.807) is 0 Å². The maximum atomic E-state index is 12.4. The molecule has 3 rings (SSSR count). The quantitative estimate of drug-likeness (QED) is 0.710. The predicted molar refractivity (Wildman–Crippen MR) is 113 cm³/mol. The van der Waals surface area contributed by atoms with Gasteiger partial charge < -0.3 is 10.6 Å². The highest BCUT2D eigenvalue weighted by Crippen LogP contribution is 2.10. The molecule has 0 radical (unpaired) electrons. The van der Waals surface area contributed by atoms with Gasteiger partial charge >= 0.3 is 0 Å². The number of hydrogen-bond donors (Lipinski definition) is 2. The number of rotatable bonds is 8. The van der Waals surface area contributed by atoms with E-state index in [0.29, 0.717) is 26.2 Å². The Morgan fingerprint density at radius 2 is 2.10 bits per heavy atom. The van der Waals surface area contributed by atoms with E-state index in [-0.39, 0.29) is 18.2 Å². The minimum atomic E-state index is -0.446. The Balaban J connectivity index is 1.50. The number of carbonyl (C=O) groups excluding carboxylic acids is 2. The van der Waals surface area contributed by atoms with E-state index >= 15 is 0 Å². The molecule has 29 heavy (non-hydrogen) atoms. The lowest BCUT2D eigenvalue weighted by atomic mass is 10.1. The third kappa shape index (κ3) is 6.02. The first-order valence-corrected chi connectivity index (χ1v) is 10.0. The highest BCUT2D eigenvalue weighted by atomic mass is 16.2. The van der Waals surface area contributed by atoms with E-state index in [2.05, 4.69) is 20.6 Å². The Kier molecular flexibility index (Phi) is 7.19. The maximum absolute atomic E-state index is 12.4. The molecule has 7 heteroatoms. The second-order valence-electron chi connectivity index (χ2n) is 7.32. The molecule has 1 unspecified atom stereocenters. The summed E-state index contributed by atoms with van der Waals surface area (Å²) in [5.74, 6) is -0.205. The highest BCUT2D eigenvalue weighted by molar-refractivity contribution is 5.88. The number of aryl methyl sites for hydroxylation is 2. The average molecular weight is 396 g/mol. The molecule has 7 nitrogen and oxygen atoms in total. The molecule has 1 fully saturated rings. The molecule has 0 bridgehead atoms. The molecule has 1 atom stereocenters. The van der Waals surface area contributed by atoms with Gasteiger partial charge in [0.1, 0.15) is 0 Å². The zero-order valence-corrected chi connectivity index (χ0v) is 17.1. The molecule has 1 aliphatic rings. The van der Waals surface area contributed by atoms with Crippen molar-refractivity contribution in [1.82, 2.24) is 25.3 Å². The van der Waals surface area contributed by atoms with Gasteiger partial charge in [0, 0.05) is 31.9 Å².